The minimum Gasteiger partial charge on any atom is -0.449 e. The molecule has 0 aliphatic heterocycles. The Morgan fingerprint density at radius 3 is 2.05 bits per heavy atom. The van der Waals surface area contributed by atoms with E-state index in [1.54, 1.807) is 48.5 Å². The van der Waals surface area contributed by atoms with Crippen LogP contribution in [0.4, 0.5) is 0 Å². The van der Waals surface area contributed by atoms with Crippen LogP contribution in [0.5, 0.6) is 0 Å². The molecule has 0 N–H and O–H groups in total. The van der Waals surface area contributed by atoms with E-state index in [1.165, 1.54) is 0 Å². The van der Waals surface area contributed by atoms with E-state index < -0.39 is 5.97 Å². The molecule has 0 aliphatic carbocycles. The molecule has 2 aromatic rings. The summed E-state index contributed by atoms with van der Waals surface area (Å²) < 4.78 is 4.80. The molecule has 0 heterocycles. The molecule has 0 fully saturated rings. The highest BCUT2D eigenvalue weighted by Gasteiger charge is 2.11. The Hall–Kier alpha value is -2.86. The van der Waals surface area contributed by atoms with Crippen LogP contribution in [-0.2, 0) is 4.74 Å². The number of hydrogen-bond acceptors (Lipinski definition) is 3. The number of esters is 1. The second-order valence-electron chi connectivity index (χ2n) is 4.05. The van der Waals surface area contributed by atoms with Crippen molar-refractivity contribution in [3.05, 3.63) is 71.3 Å². The standard InChI is InChI=1S/C17H12O3/c1-2-12-20-17(19)15-10-8-14(9-11-15)16(18)13-6-4-3-5-7-13/h1,3-11H,12H2. The fraction of sp³-hybridized carbons (Fsp3) is 0.0588. The largest absolute Gasteiger partial charge is 0.449 e. The lowest BCUT2D eigenvalue weighted by molar-refractivity contribution is 0.0556. The van der Waals surface area contributed by atoms with Crippen LogP contribution in [0.25, 0.3) is 0 Å². The van der Waals surface area contributed by atoms with Gasteiger partial charge in [-0.25, -0.2) is 4.79 Å². The average molecular weight is 264 g/mol. The van der Waals surface area contributed by atoms with Crippen molar-refractivity contribution in [1.82, 2.24) is 0 Å². The molecule has 3 nitrogen and oxygen atoms in total. The molecule has 2 aromatic carbocycles. The molecule has 0 radical (unpaired) electrons. The summed E-state index contributed by atoms with van der Waals surface area (Å²) in [6, 6.07) is 15.3. The quantitative estimate of drug-likeness (QED) is 0.484. The molecule has 20 heavy (non-hydrogen) atoms. The van der Waals surface area contributed by atoms with Gasteiger partial charge in [0.1, 0.15) is 0 Å². The first-order chi connectivity index (χ1) is 9.72. The fourth-order valence-corrected chi connectivity index (χ4v) is 1.70. The van der Waals surface area contributed by atoms with Crippen LogP contribution < -0.4 is 0 Å². The topological polar surface area (TPSA) is 43.4 Å². The van der Waals surface area contributed by atoms with Gasteiger partial charge in [-0.3, -0.25) is 4.79 Å². The normalized spacial score (nSPS) is 9.55. The van der Waals surface area contributed by atoms with Crippen LogP contribution in [-0.4, -0.2) is 18.4 Å². The van der Waals surface area contributed by atoms with E-state index in [0.29, 0.717) is 16.7 Å². The maximum absolute atomic E-state index is 12.2. The molecule has 0 bridgehead atoms. The van der Waals surface area contributed by atoms with Crippen LogP contribution in [0, 0.1) is 12.3 Å². The van der Waals surface area contributed by atoms with Crippen LogP contribution in [0.1, 0.15) is 26.3 Å². The number of ether oxygens (including phenoxy) is 1. The monoisotopic (exact) mass is 264 g/mol. The van der Waals surface area contributed by atoms with Crippen molar-refractivity contribution in [2.24, 2.45) is 0 Å². The number of carbonyl (C=O) groups is 2. The number of ketones is 1. The highest BCUT2D eigenvalue weighted by atomic mass is 16.5. The third-order valence-corrected chi connectivity index (χ3v) is 2.71. The first-order valence-electron chi connectivity index (χ1n) is 6.03. The number of terminal acetylenes is 1. The summed E-state index contributed by atoms with van der Waals surface area (Å²) in [7, 11) is 0. The third-order valence-electron chi connectivity index (χ3n) is 2.71. The van der Waals surface area contributed by atoms with E-state index >= 15 is 0 Å². The Balaban J connectivity index is 2.15. The predicted molar refractivity (Wildman–Crippen MR) is 75.4 cm³/mol. The zero-order chi connectivity index (χ0) is 14.4. The Kier molecular flexibility index (Phi) is 4.31. The fourth-order valence-electron chi connectivity index (χ4n) is 1.70. The average Bonchev–Trinajstić information content (AvgIpc) is 2.53. The Morgan fingerprint density at radius 1 is 0.900 bits per heavy atom. The van der Waals surface area contributed by atoms with Crippen LogP contribution in [0.2, 0.25) is 0 Å². The lowest BCUT2D eigenvalue weighted by atomic mass is 10.0. The SMILES string of the molecule is C#CCOC(=O)c1ccc(C(=O)c2ccccc2)cc1. The summed E-state index contributed by atoms with van der Waals surface area (Å²) in [6.07, 6.45) is 5.01. The number of hydrogen-bond donors (Lipinski definition) is 0. The van der Waals surface area contributed by atoms with E-state index in [0.717, 1.165) is 0 Å². The summed E-state index contributed by atoms with van der Waals surface area (Å²) in [5.74, 6) is 1.64. The summed E-state index contributed by atoms with van der Waals surface area (Å²) >= 11 is 0. The maximum atomic E-state index is 12.2. The number of rotatable bonds is 4. The third kappa shape index (κ3) is 3.12. The van der Waals surface area contributed by atoms with Gasteiger partial charge in [-0.05, 0) is 12.1 Å². The molecular weight excluding hydrogens is 252 g/mol. The molecule has 0 saturated heterocycles. The van der Waals surface area contributed by atoms with Crippen molar-refractivity contribution in [3.63, 3.8) is 0 Å². The smallest absolute Gasteiger partial charge is 0.339 e. The van der Waals surface area contributed by atoms with Crippen molar-refractivity contribution >= 4 is 11.8 Å². The summed E-state index contributed by atoms with van der Waals surface area (Å²) in [4.78, 5) is 23.7. The highest BCUT2D eigenvalue weighted by Crippen LogP contribution is 2.11. The van der Waals surface area contributed by atoms with Crippen molar-refractivity contribution in [1.29, 1.82) is 0 Å². The van der Waals surface area contributed by atoms with E-state index in [2.05, 4.69) is 5.92 Å². The lowest BCUT2D eigenvalue weighted by Gasteiger charge is -2.03. The van der Waals surface area contributed by atoms with E-state index in [1.807, 2.05) is 6.07 Å². The molecule has 0 amide bonds. The molecule has 0 saturated carbocycles. The number of benzene rings is 2. The number of carbonyl (C=O) groups excluding carboxylic acids is 2. The van der Waals surface area contributed by atoms with Crippen LogP contribution >= 0.6 is 0 Å². The van der Waals surface area contributed by atoms with Crippen molar-refractivity contribution in [3.8, 4) is 12.3 Å². The second kappa shape index (κ2) is 6.35. The van der Waals surface area contributed by atoms with Gasteiger partial charge >= 0.3 is 5.97 Å². The van der Waals surface area contributed by atoms with Crippen molar-refractivity contribution in [2.75, 3.05) is 6.61 Å². The minimum absolute atomic E-state index is 0.0659. The van der Waals surface area contributed by atoms with Gasteiger partial charge in [0.2, 0.25) is 0 Å². The van der Waals surface area contributed by atoms with Crippen LogP contribution in [0.15, 0.2) is 54.6 Å². The second-order valence-corrected chi connectivity index (χ2v) is 4.05. The lowest BCUT2D eigenvalue weighted by Crippen LogP contribution is -2.06. The molecule has 3 heteroatoms. The van der Waals surface area contributed by atoms with Gasteiger partial charge in [-0.2, -0.15) is 0 Å². The van der Waals surface area contributed by atoms with Crippen molar-refractivity contribution < 1.29 is 14.3 Å². The van der Waals surface area contributed by atoms with Gasteiger partial charge in [0.25, 0.3) is 0 Å². The van der Waals surface area contributed by atoms with Crippen LogP contribution in [0.3, 0.4) is 0 Å². The summed E-state index contributed by atoms with van der Waals surface area (Å²) in [5, 5.41) is 0. The molecule has 0 atom stereocenters. The van der Waals surface area contributed by atoms with Gasteiger partial charge in [0, 0.05) is 11.1 Å². The van der Waals surface area contributed by atoms with Gasteiger partial charge < -0.3 is 4.74 Å². The molecule has 0 aromatic heterocycles. The zero-order valence-electron chi connectivity index (χ0n) is 10.7. The van der Waals surface area contributed by atoms with Gasteiger partial charge in [0.15, 0.2) is 12.4 Å². The first kappa shape index (κ1) is 13.6. The van der Waals surface area contributed by atoms with Gasteiger partial charge in [-0.15, -0.1) is 6.42 Å². The minimum atomic E-state index is -0.498. The molecular formula is C17H12O3. The van der Waals surface area contributed by atoms with E-state index in [9.17, 15) is 9.59 Å². The summed E-state index contributed by atoms with van der Waals surface area (Å²) in [5.41, 5.74) is 1.49. The zero-order valence-corrected chi connectivity index (χ0v) is 10.7. The predicted octanol–water partition coefficient (Wildman–Crippen LogP) is 2.71. The molecule has 0 spiro atoms. The van der Waals surface area contributed by atoms with E-state index in [-0.39, 0.29) is 12.4 Å². The van der Waals surface area contributed by atoms with E-state index in [4.69, 9.17) is 11.2 Å². The first-order valence-corrected chi connectivity index (χ1v) is 6.03. The van der Waals surface area contributed by atoms with Gasteiger partial charge in [-0.1, -0.05) is 48.4 Å². The highest BCUT2D eigenvalue weighted by molar-refractivity contribution is 6.09. The summed E-state index contributed by atoms with van der Waals surface area (Å²) in [6.45, 7) is -0.0659. The Morgan fingerprint density at radius 2 is 1.45 bits per heavy atom. The Bertz CT molecular complexity index is 649. The maximum Gasteiger partial charge on any atom is 0.339 e. The van der Waals surface area contributed by atoms with Crippen molar-refractivity contribution in [2.45, 2.75) is 0 Å². The molecule has 98 valence electrons. The van der Waals surface area contributed by atoms with Gasteiger partial charge in [0.05, 0.1) is 5.56 Å². The molecule has 2 rings (SSSR count). The molecule has 0 aliphatic rings. The Labute approximate surface area is 117 Å². The molecule has 0 unspecified atom stereocenters.